The highest BCUT2D eigenvalue weighted by Gasteiger charge is 2.35. The van der Waals surface area contributed by atoms with E-state index >= 15 is 0 Å². The van der Waals surface area contributed by atoms with Gasteiger partial charge in [0.25, 0.3) is 5.91 Å². The number of amides is 1. The van der Waals surface area contributed by atoms with Crippen LogP contribution in [0.3, 0.4) is 0 Å². The van der Waals surface area contributed by atoms with Crippen LogP contribution in [0.5, 0.6) is 11.5 Å². The minimum atomic E-state index is -4.64. The maximum Gasteiger partial charge on any atom is 0.419 e. The molecule has 0 saturated carbocycles. The number of hydrogen-bond acceptors (Lipinski definition) is 5. The number of ether oxygens (including phenoxy) is 2. The number of hydrogen-bond donors (Lipinski definition) is 1. The number of nitrogens with zero attached hydrogens (tertiary/aromatic N) is 4. The summed E-state index contributed by atoms with van der Waals surface area (Å²) >= 11 is 13.4. The Hall–Kier alpha value is -5.46. The first kappa shape index (κ1) is 41.7. The van der Waals surface area contributed by atoms with E-state index in [1.165, 1.54) is 30.3 Å². The van der Waals surface area contributed by atoms with Crippen LogP contribution in [0.2, 0.25) is 10.0 Å². The predicted octanol–water partition coefficient (Wildman–Crippen LogP) is 10.9. The summed E-state index contributed by atoms with van der Waals surface area (Å²) in [4.78, 5) is 28.9. The summed E-state index contributed by atoms with van der Waals surface area (Å²) in [7, 11) is 1.88. The topological polar surface area (TPSA) is 98.8 Å². The van der Waals surface area contributed by atoms with Crippen molar-refractivity contribution in [1.82, 2.24) is 19.2 Å². The molecule has 14 heteroatoms. The zero-order valence-corrected chi connectivity index (χ0v) is 34.8. The van der Waals surface area contributed by atoms with Gasteiger partial charge in [0.2, 0.25) is 0 Å². The van der Waals surface area contributed by atoms with Crippen molar-refractivity contribution in [2.75, 3.05) is 13.2 Å². The summed E-state index contributed by atoms with van der Waals surface area (Å²) < 4.78 is 56.7. The zero-order chi connectivity index (χ0) is 42.3. The van der Waals surface area contributed by atoms with Crippen LogP contribution in [0.1, 0.15) is 78.5 Å². The molecule has 1 amide bonds. The largest absolute Gasteiger partial charge is 0.494 e. The van der Waals surface area contributed by atoms with Crippen molar-refractivity contribution in [2.24, 2.45) is 7.05 Å². The molecule has 0 aliphatic carbocycles. The molecular weight excluding hydrogens is 804 g/mol. The van der Waals surface area contributed by atoms with Gasteiger partial charge in [-0.15, -0.1) is 0 Å². The lowest BCUT2D eigenvalue weighted by Gasteiger charge is -2.22. The van der Waals surface area contributed by atoms with Crippen LogP contribution >= 0.6 is 23.2 Å². The second-order valence-electron chi connectivity index (χ2n) is 15.0. The van der Waals surface area contributed by atoms with Crippen LogP contribution in [0.25, 0.3) is 22.0 Å². The quantitative estimate of drug-likeness (QED) is 0.123. The molecule has 0 bridgehead atoms. The van der Waals surface area contributed by atoms with Gasteiger partial charge < -0.3 is 24.0 Å². The van der Waals surface area contributed by atoms with Crippen molar-refractivity contribution in [3.63, 3.8) is 0 Å². The van der Waals surface area contributed by atoms with E-state index in [4.69, 9.17) is 32.7 Å². The van der Waals surface area contributed by atoms with Crippen LogP contribution in [-0.4, -0.2) is 49.4 Å². The number of benzene rings is 4. The highest BCUT2D eigenvalue weighted by atomic mass is 35.5. The fourth-order valence-electron chi connectivity index (χ4n) is 8.11. The van der Waals surface area contributed by atoms with Gasteiger partial charge in [-0.25, -0.2) is 4.79 Å². The first-order chi connectivity index (χ1) is 28.0. The van der Waals surface area contributed by atoms with E-state index < -0.39 is 17.7 Å². The Bertz CT molecular complexity index is 2590. The number of alkyl halides is 3. The van der Waals surface area contributed by atoms with Crippen molar-refractivity contribution in [3.8, 4) is 22.6 Å². The Morgan fingerprint density at radius 2 is 1.63 bits per heavy atom. The smallest absolute Gasteiger partial charge is 0.419 e. The van der Waals surface area contributed by atoms with E-state index in [2.05, 4.69) is 9.67 Å². The van der Waals surface area contributed by atoms with E-state index in [0.29, 0.717) is 71.6 Å². The first-order valence-corrected chi connectivity index (χ1v) is 20.0. The molecule has 4 aromatic carbocycles. The Morgan fingerprint density at radius 1 is 0.915 bits per heavy atom. The van der Waals surface area contributed by atoms with E-state index in [1.807, 2.05) is 63.7 Å². The standard InChI is InChI=1S/C45H43Cl2F3N4O5/c1-25-18-32(19-26(2)40(25)47)58-17-8-10-33-34-13-14-36(46)39(38-27(3)51-52(5)28(38)4)41(34)54-16-9-15-53(43(55)42(33)54)23-29-20-30(22-31(21-29)44(56)57)24-59-37-12-7-6-11-35(37)45(48,49)50/h6-7,11-14,18-22H,8-10,15-17,23-24H2,1-5H3,(H,56,57). The number of carboxylic acid groups (broad SMARTS) is 1. The fraction of sp³-hybridized carbons (Fsp3) is 0.311. The Balaban J connectivity index is 1.25. The molecule has 0 spiro atoms. The SMILES string of the molecule is Cc1cc(OCCCc2c3n(c4c(-c5c(C)nn(C)c5C)c(Cl)ccc24)CCCN(Cc2cc(COc4ccccc4C(F)(F)F)cc(C(=O)O)c2)C3=O)cc(C)c1Cl. The molecule has 6 aromatic rings. The van der Waals surface area contributed by atoms with Crippen molar-refractivity contribution < 1.29 is 37.3 Å². The molecule has 3 heterocycles. The lowest BCUT2D eigenvalue weighted by atomic mass is 9.98. The van der Waals surface area contributed by atoms with Gasteiger partial charge in [-0.05, 0) is 117 Å². The van der Waals surface area contributed by atoms with Crippen LogP contribution in [0, 0.1) is 27.7 Å². The minimum Gasteiger partial charge on any atom is -0.494 e. The number of fused-ring (bicyclic) bond motifs is 3. The number of rotatable bonds is 12. The molecule has 1 aliphatic rings. The number of carbonyl (C=O) groups excluding carboxylic acids is 1. The summed E-state index contributed by atoms with van der Waals surface area (Å²) in [6.45, 7) is 8.78. The second kappa shape index (κ2) is 16.7. The molecule has 7 rings (SSSR count). The average Bonchev–Trinajstić information content (AvgIpc) is 3.56. The summed E-state index contributed by atoms with van der Waals surface area (Å²) in [5, 5.41) is 16.8. The van der Waals surface area contributed by atoms with Crippen LogP contribution < -0.4 is 9.47 Å². The number of aromatic carboxylic acids is 1. The number of halogens is 5. The third-order valence-corrected chi connectivity index (χ3v) is 11.8. The molecule has 2 aromatic heterocycles. The monoisotopic (exact) mass is 846 g/mol. The van der Waals surface area contributed by atoms with E-state index in [0.717, 1.165) is 56.2 Å². The summed E-state index contributed by atoms with van der Waals surface area (Å²) in [6, 6.07) is 17.0. The molecule has 0 fully saturated rings. The molecule has 59 heavy (non-hydrogen) atoms. The van der Waals surface area contributed by atoms with E-state index in [-0.39, 0.29) is 30.4 Å². The normalized spacial score (nSPS) is 13.2. The maximum absolute atomic E-state index is 15.0. The van der Waals surface area contributed by atoms with Crippen molar-refractivity contribution in [2.45, 2.75) is 72.8 Å². The van der Waals surface area contributed by atoms with E-state index in [1.54, 1.807) is 11.0 Å². The second-order valence-corrected chi connectivity index (χ2v) is 15.8. The van der Waals surface area contributed by atoms with Gasteiger partial charge >= 0.3 is 12.1 Å². The lowest BCUT2D eigenvalue weighted by Crippen LogP contribution is -2.31. The Morgan fingerprint density at radius 3 is 2.31 bits per heavy atom. The molecule has 0 saturated heterocycles. The van der Waals surface area contributed by atoms with Crippen LogP contribution in [0.4, 0.5) is 13.2 Å². The van der Waals surface area contributed by atoms with Crippen molar-refractivity contribution in [1.29, 1.82) is 0 Å². The summed E-state index contributed by atoms with van der Waals surface area (Å²) in [6.07, 6.45) is -2.96. The summed E-state index contributed by atoms with van der Waals surface area (Å²) in [5.74, 6) is -1.12. The van der Waals surface area contributed by atoms with Crippen molar-refractivity contribution >= 4 is 46.0 Å². The van der Waals surface area contributed by atoms with Crippen LogP contribution in [-0.2, 0) is 39.3 Å². The van der Waals surface area contributed by atoms with Gasteiger partial charge in [-0.2, -0.15) is 18.3 Å². The maximum atomic E-state index is 15.0. The third-order valence-electron chi connectivity index (χ3n) is 10.8. The Kier molecular flexibility index (Phi) is 11.8. The number of para-hydroxylation sites is 1. The molecule has 0 radical (unpaired) electrons. The highest BCUT2D eigenvalue weighted by Crippen LogP contribution is 2.43. The third kappa shape index (κ3) is 8.38. The summed E-state index contributed by atoms with van der Waals surface area (Å²) in [5.41, 5.74) is 7.31. The molecular formula is C45H43Cl2F3N4O5. The number of carboxylic acids is 1. The van der Waals surface area contributed by atoms with Gasteiger partial charge in [-0.3, -0.25) is 9.48 Å². The van der Waals surface area contributed by atoms with Gasteiger partial charge in [0.15, 0.2) is 0 Å². The van der Waals surface area contributed by atoms with E-state index in [9.17, 15) is 27.9 Å². The number of carbonyl (C=O) groups is 2. The van der Waals surface area contributed by atoms with Crippen LogP contribution in [0.15, 0.2) is 66.7 Å². The molecule has 1 N–H and O–H groups in total. The minimum absolute atomic E-state index is 0.0554. The number of aryl methyl sites for hydroxylation is 6. The molecule has 0 atom stereocenters. The Labute approximate surface area is 349 Å². The molecule has 9 nitrogen and oxygen atoms in total. The van der Waals surface area contributed by atoms with Crippen molar-refractivity contribution in [3.05, 3.63) is 133 Å². The van der Waals surface area contributed by atoms with Gasteiger partial charge in [0.05, 0.1) is 34.0 Å². The fourth-order valence-corrected chi connectivity index (χ4v) is 8.46. The average molecular weight is 848 g/mol. The first-order valence-electron chi connectivity index (χ1n) is 19.2. The zero-order valence-electron chi connectivity index (χ0n) is 33.3. The molecule has 308 valence electrons. The molecule has 0 unspecified atom stereocenters. The predicted molar refractivity (Wildman–Crippen MR) is 222 cm³/mol. The van der Waals surface area contributed by atoms with Gasteiger partial charge in [0.1, 0.15) is 23.8 Å². The van der Waals surface area contributed by atoms with Gasteiger partial charge in [-0.1, -0.05) is 47.5 Å². The van der Waals surface area contributed by atoms with Gasteiger partial charge in [0, 0.05) is 53.9 Å². The number of aromatic nitrogens is 3. The highest BCUT2D eigenvalue weighted by molar-refractivity contribution is 6.35. The lowest BCUT2D eigenvalue weighted by molar-refractivity contribution is -0.139. The molecule has 1 aliphatic heterocycles.